The summed E-state index contributed by atoms with van der Waals surface area (Å²) in [5.41, 5.74) is 1.95. The van der Waals surface area contributed by atoms with Gasteiger partial charge in [-0.15, -0.1) is 0 Å². The summed E-state index contributed by atoms with van der Waals surface area (Å²) in [5, 5.41) is 2.81. The number of unbranched alkanes of at least 4 members (excludes halogenated alkanes) is 1. The molecule has 1 heteroatoms. The van der Waals surface area contributed by atoms with Gasteiger partial charge in [0, 0.05) is 0 Å². The third-order valence-electron chi connectivity index (χ3n) is 4.54. The molecule has 0 saturated heterocycles. The van der Waals surface area contributed by atoms with Crippen LogP contribution < -0.4 is 0 Å². The van der Waals surface area contributed by atoms with E-state index in [1.807, 2.05) is 11.8 Å². The van der Waals surface area contributed by atoms with E-state index in [1.54, 1.807) is 0 Å². The zero-order valence-electron chi connectivity index (χ0n) is 13.7. The first-order valence-corrected chi connectivity index (χ1v) is 9.53. The van der Waals surface area contributed by atoms with Crippen molar-refractivity contribution in [2.75, 3.05) is 12.0 Å². The van der Waals surface area contributed by atoms with Crippen LogP contribution in [0.2, 0.25) is 0 Å². The summed E-state index contributed by atoms with van der Waals surface area (Å²) in [4.78, 5) is 0. The van der Waals surface area contributed by atoms with E-state index < -0.39 is 0 Å². The molecule has 0 aliphatic rings. The maximum atomic E-state index is 2.49. The zero-order valence-corrected chi connectivity index (χ0v) is 14.5. The highest BCUT2D eigenvalue weighted by Gasteiger charge is 2.24. The summed E-state index contributed by atoms with van der Waals surface area (Å²) in [7, 11) is 0. The molecule has 0 amide bonds. The van der Waals surface area contributed by atoms with Crippen molar-refractivity contribution in [3.05, 3.63) is 48.0 Å². The lowest BCUT2D eigenvalue weighted by Gasteiger charge is -2.30. The fourth-order valence-corrected chi connectivity index (χ4v) is 3.86. The zero-order chi connectivity index (χ0) is 15.1. The molecule has 0 saturated carbocycles. The topological polar surface area (TPSA) is 0 Å². The van der Waals surface area contributed by atoms with E-state index in [0.29, 0.717) is 5.41 Å². The fraction of sp³-hybridized carbons (Fsp3) is 0.500. The highest BCUT2D eigenvalue weighted by molar-refractivity contribution is 7.98. The van der Waals surface area contributed by atoms with Crippen LogP contribution in [0, 0.1) is 5.41 Å². The summed E-state index contributed by atoms with van der Waals surface area (Å²) in [6.07, 6.45) is 8.72. The van der Waals surface area contributed by atoms with Crippen molar-refractivity contribution in [2.24, 2.45) is 5.41 Å². The summed E-state index contributed by atoms with van der Waals surface area (Å²) in [6, 6.07) is 15.6. The molecule has 2 rings (SSSR count). The first-order valence-electron chi connectivity index (χ1n) is 8.14. The van der Waals surface area contributed by atoms with Crippen LogP contribution in [0.15, 0.2) is 42.5 Å². The van der Waals surface area contributed by atoms with Gasteiger partial charge in [0.1, 0.15) is 0 Å². The van der Waals surface area contributed by atoms with Gasteiger partial charge in [0.2, 0.25) is 0 Å². The number of hydrogen-bond donors (Lipinski definition) is 0. The maximum absolute atomic E-state index is 2.49. The van der Waals surface area contributed by atoms with E-state index in [9.17, 15) is 0 Å². The first kappa shape index (κ1) is 16.4. The average molecular weight is 301 g/mol. The molecule has 0 radical (unpaired) electrons. The largest absolute Gasteiger partial charge is 0.165 e. The summed E-state index contributed by atoms with van der Waals surface area (Å²) >= 11 is 1.98. The fourth-order valence-electron chi connectivity index (χ4n) is 3.16. The van der Waals surface area contributed by atoms with E-state index in [2.05, 4.69) is 62.6 Å². The van der Waals surface area contributed by atoms with Crippen molar-refractivity contribution in [3.8, 4) is 0 Å². The average Bonchev–Trinajstić information content (AvgIpc) is 2.52. The predicted molar refractivity (Wildman–Crippen MR) is 98.3 cm³/mol. The Hall–Kier alpha value is -0.950. The van der Waals surface area contributed by atoms with Gasteiger partial charge in [-0.2, -0.15) is 11.8 Å². The van der Waals surface area contributed by atoms with Crippen LogP contribution in [0.1, 0.15) is 45.1 Å². The summed E-state index contributed by atoms with van der Waals surface area (Å²) < 4.78 is 0. The van der Waals surface area contributed by atoms with Gasteiger partial charge in [0.15, 0.2) is 0 Å². The smallest absolute Gasteiger partial charge is 0.00650 e. The monoisotopic (exact) mass is 300 g/mol. The van der Waals surface area contributed by atoms with Gasteiger partial charge in [0.05, 0.1) is 0 Å². The van der Waals surface area contributed by atoms with E-state index in [0.717, 1.165) is 0 Å². The van der Waals surface area contributed by atoms with E-state index in [1.165, 1.54) is 54.2 Å². The third kappa shape index (κ3) is 4.51. The van der Waals surface area contributed by atoms with Crippen LogP contribution >= 0.6 is 11.8 Å². The number of thioether (sulfide) groups is 1. The third-order valence-corrected chi connectivity index (χ3v) is 5.15. The molecule has 1 atom stereocenters. The second-order valence-electron chi connectivity index (χ2n) is 6.47. The molecule has 0 aliphatic carbocycles. The molecule has 0 aromatic heterocycles. The van der Waals surface area contributed by atoms with Gasteiger partial charge in [-0.1, -0.05) is 69.2 Å². The summed E-state index contributed by atoms with van der Waals surface area (Å²) in [6.45, 7) is 4.79. The Bertz CT molecular complexity index is 545. The van der Waals surface area contributed by atoms with E-state index >= 15 is 0 Å². The number of fused-ring (bicyclic) bond motifs is 1. The van der Waals surface area contributed by atoms with E-state index in [4.69, 9.17) is 0 Å². The number of hydrogen-bond acceptors (Lipinski definition) is 1. The lowest BCUT2D eigenvalue weighted by Crippen LogP contribution is -2.21. The Kier molecular flexibility index (Phi) is 6.17. The van der Waals surface area contributed by atoms with Crippen molar-refractivity contribution in [1.82, 2.24) is 0 Å². The van der Waals surface area contributed by atoms with Crippen LogP contribution in [-0.2, 0) is 6.42 Å². The van der Waals surface area contributed by atoms with Crippen LogP contribution in [0.3, 0.4) is 0 Å². The highest BCUT2D eigenvalue weighted by Crippen LogP contribution is 2.35. The van der Waals surface area contributed by atoms with Crippen molar-refractivity contribution < 1.29 is 0 Å². The Morgan fingerprint density at radius 1 is 1.00 bits per heavy atom. The molecule has 1 unspecified atom stereocenters. The van der Waals surface area contributed by atoms with Crippen molar-refractivity contribution in [3.63, 3.8) is 0 Å². The maximum Gasteiger partial charge on any atom is -0.00650 e. The minimum atomic E-state index is 0.434. The van der Waals surface area contributed by atoms with E-state index in [-0.39, 0.29) is 0 Å². The molecule has 0 nitrogen and oxygen atoms in total. The Morgan fingerprint density at radius 3 is 2.52 bits per heavy atom. The molecule has 21 heavy (non-hydrogen) atoms. The molecule has 2 aromatic rings. The molecule has 2 aromatic carbocycles. The Labute approximate surface area is 134 Å². The van der Waals surface area contributed by atoms with Crippen LogP contribution in [0.5, 0.6) is 0 Å². The van der Waals surface area contributed by atoms with Gasteiger partial charge < -0.3 is 0 Å². The Balaban J connectivity index is 2.25. The minimum Gasteiger partial charge on any atom is -0.165 e. The molecular formula is C20H28S. The second kappa shape index (κ2) is 7.89. The van der Waals surface area contributed by atoms with Gasteiger partial charge in [-0.25, -0.2) is 0 Å². The molecule has 0 spiro atoms. The van der Waals surface area contributed by atoms with Crippen LogP contribution in [-0.4, -0.2) is 12.0 Å². The molecule has 0 fully saturated rings. The van der Waals surface area contributed by atoms with Gasteiger partial charge in [-0.05, 0) is 53.0 Å². The van der Waals surface area contributed by atoms with Crippen LogP contribution in [0.4, 0.5) is 0 Å². The van der Waals surface area contributed by atoms with Crippen molar-refractivity contribution in [2.45, 2.75) is 46.0 Å². The second-order valence-corrected chi connectivity index (χ2v) is 7.46. The van der Waals surface area contributed by atoms with Crippen molar-refractivity contribution in [1.29, 1.82) is 0 Å². The Morgan fingerprint density at radius 2 is 1.76 bits per heavy atom. The lowest BCUT2D eigenvalue weighted by molar-refractivity contribution is 0.277. The molecular weight excluding hydrogens is 272 g/mol. The minimum absolute atomic E-state index is 0.434. The van der Waals surface area contributed by atoms with Gasteiger partial charge >= 0.3 is 0 Å². The normalized spacial score (nSPS) is 14.2. The van der Waals surface area contributed by atoms with Gasteiger partial charge in [0.25, 0.3) is 0 Å². The molecule has 0 heterocycles. The molecule has 114 valence electrons. The summed E-state index contributed by atoms with van der Waals surface area (Å²) in [5.74, 6) is 1.27. The quantitative estimate of drug-likeness (QED) is 0.548. The predicted octanol–water partition coefficient (Wildman–Crippen LogP) is 6.33. The van der Waals surface area contributed by atoms with Gasteiger partial charge in [-0.3, -0.25) is 0 Å². The standard InChI is InChI=1S/C20H28S/c1-4-5-13-20(2,14-15-21-3)16-18-11-8-10-17-9-6-7-12-19(17)18/h6-12H,4-5,13-16H2,1-3H3. The van der Waals surface area contributed by atoms with Crippen LogP contribution in [0.25, 0.3) is 10.8 Å². The SMILES string of the molecule is CCCCC(C)(CCSC)Cc1cccc2ccccc12. The number of rotatable bonds is 8. The molecule has 0 bridgehead atoms. The number of benzene rings is 2. The lowest BCUT2D eigenvalue weighted by atomic mass is 9.76. The van der Waals surface area contributed by atoms with Crippen molar-refractivity contribution >= 4 is 22.5 Å². The first-order chi connectivity index (χ1) is 10.2. The molecule has 0 N–H and O–H groups in total. The molecule has 0 aliphatic heterocycles. The highest BCUT2D eigenvalue weighted by atomic mass is 32.2.